The standard InChI is InChI=1S/C16H16N4S/c1-11-10-21-16-19-12(2)15(20(11)16)9-18-14-5-3-13(4-6-14)7-8-17/h3-6,10,18H,7,9H2,1-2H3. The Morgan fingerprint density at radius 1 is 1.29 bits per heavy atom. The maximum Gasteiger partial charge on any atom is 0.194 e. The summed E-state index contributed by atoms with van der Waals surface area (Å²) < 4.78 is 2.21. The zero-order chi connectivity index (χ0) is 14.8. The first-order valence-electron chi connectivity index (χ1n) is 6.81. The molecule has 0 saturated heterocycles. The first kappa shape index (κ1) is 13.7. The SMILES string of the molecule is Cc1nc2scc(C)n2c1CNc1ccc(CC#N)cc1. The first-order valence-corrected chi connectivity index (χ1v) is 7.69. The van der Waals surface area contributed by atoms with Crippen molar-refractivity contribution < 1.29 is 0 Å². The number of hydrogen-bond donors (Lipinski definition) is 1. The van der Waals surface area contributed by atoms with E-state index < -0.39 is 0 Å². The van der Waals surface area contributed by atoms with Crippen molar-refractivity contribution in [2.24, 2.45) is 0 Å². The Kier molecular flexibility index (Phi) is 3.63. The van der Waals surface area contributed by atoms with Crippen molar-refractivity contribution in [1.29, 1.82) is 5.26 Å². The van der Waals surface area contributed by atoms with Gasteiger partial charge in [-0.3, -0.25) is 4.40 Å². The van der Waals surface area contributed by atoms with Gasteiger partial charge < -0.3 is 5.32 Å². The van der Waals surface area contributed by atoms with Crippen LogP contribution in [0.15, 0.2) is 29.6 Å². The summed E-state index contributed by atoms with van der Waals surface area (Å²) in [5.74, 6) is 0. The predicted octanol–water partition coefficient (Wildman–Crippen LogP) is 3.69. The van der Waals surface area contributed by atoms with E-state index >= 15 is 0 Å². The predicted molar refractivity (Wildman–Crippen MR) is 85.6 cm³/mol. The molecule has 4 nitrogen and oxygen atoms in total. The highest BCUT2D eigenvalue weighted by atomic mass is 32.1. The van der Waals surface area contributed by atoms with Gasteiger partial charge in [-0.15, -0.1) is 11.3 Å². The van der Waals surface area contributed by atoms with Crippen LogP contribution in [0.2, 0.25) is 0 Å². The van der Waals surface area contributed by atoms with Crippen LogP contribution in [-0.4, -0.2) is 9.38 Å². The Labute approximate surface area is 127 Å². The summed E-state index contributed by atoms with van der Waals surface area (Å²) in [4.78, 5) is 5.64. The zero-order valence-corrected chi connectivity index (χ0v) is 12.9. The van der Waals surface area contributed by atoms with E-state index in [-0.39, 0.29) is 0 Å². The van der Waals surface area contributed by atoms with E-state index in [0.29, 0.717) is 6.42 Å². The first-order chi connectivity index (χ1) is 10.2. The number of nitrogens with zero attached hydrogens (tertiary/aromatic N) is 3. The Balaban J connectivity index is 1.78. The van der Waals surface area contributed by atoms with Crippen LogP contribution in [0.3, 0.4) is 0 Å². The molecule has 3 aromatic rings. The van der Waals surface area contributed by atoms with Gasteiger partial charge in [-0.1, -0.05) is 12.1 Å². The van der Waals surface area contributed by atoms with E-state index in [1.54, 1.807) is 11.3 Å². The third-order valence-corrected chi connectivity index (χ3v) is 4.47. The van der Waals surface area contributed by atoms with E-state index in [1.165, 1.54) is 11.4 Å². The van der Waals surface area contributed by atoms with Crippen molar-refractivity contribution in [3.05, 3.63) is 52.3 Å². The second-order valence-corrected chi connectivity index (χ2v) is 5.86. The van der Waals surface area contributed by atoms with Crippen molar-refractivity contribution in [3.63, 3.8) is 0 Å². The van der Waals surface area contributed by atoms with Crippen LogP contribution in [0.4, 0.5) is 5.69 Å². The summed E-state index contributed by atoms with van der Waals surface area (Å²) in [7, 11) is 0. The van der Waals surface area contributed by atoms with E-state index in [4.69, 9.17) is 5.26 Å². The van der Waals surface area contributed by atoms with Crippen LogP contribution in [0.25, 0.3) is 4.96 Å². The molecule has 1 aromatic carbocycles. The van der Waals surface area contributed by atoms with Gasteiger partial charge in [0.15, 0.2) is 4.96 Å². The molecule has 1 N–H and O–H groups in total. The van der Waals surface area contributed by atoms with Gasteiger partial charge in [-0.25, -0.2) is 4.98 Å². The molecule has 0 aliphatic heterocycles. The quantitative estimate of drug-likeness (QED) is 0.799. The van der Waals surface area contributed by atoms with E-state index in [9.17, 15) is 0 Å². The smallest absolute Gasteiger partial charge is 0.194 e. The molecule has 0 radical (unpaired) electrons. The Hall–Kier alpha value is -2.32. The molecule has 2 aromatic heterocycles. The van der Waals surface area contributed by atoms with Crippen LogP contribution in [0.5, 0.6) is 0 Å². The Morgan fingerprint density at radius 3 is 2.76 bits per heavy atom. The molecule has 0 saturated carbocycles. The number of aromatic nitrogens is 2. The molecule has 5 heteroatoms. The average molecular weight is 296 g/mol. The lowest BCUT2D eigenvalue weighted by Crippen LogP contribution is -2.04. The minimum Gasteiger partial charge on any atom is -0.379 e. The van der Waals surface area contributed by atoms with E-state index in [1.807, 2.05) is 31.2 Å². The average Bonchev–Trinajstić information content (AvgIpc) is 2.98. The van der Waals surface area contributed by atoms with Gasteiger partial charge in [-0.05, 0) is 31.5 Å². The number of hydrogen-bond acceptors (Lipinski definition) is 4. The molecular formula is C16H16N4S. The van der Waals surface area contributed by atoms with Crippen molar-refractivity contribution in [1.82, 2.24) is 9.38 Å². The summed E-state index contributed by atoms with van der Waals surface area (Å²) in [6.07, 6.45) is 0.455. The molecule has 0 unspecified atom stereocenters. The van der Waals surface area contributed by atoms with Crippen molar-refractivity contribution in [3.8, 4) is 6.07 Å². The topological polar surface area (TPSA) is 53.1 Å². The maximum absolute atomic E-state index is 8.68. The molecule has 0 atom stereocenters. The van der Waals surface area contributed by atoms with Crippen LogP contribution < -0.4 is 5.32 Å². The maximum atomic E-state index is 8.68. The normalized spacial score (nSPS) is 10.7. The fourth-order valence-electron chi connectivity index (χ4n) is 2.39. The molecule has 2 heterocycles. The number of anilines is 1. The Morgan fingerprint density at radius 2 is 2.05 bits per heavy atom. The number of rotatable bonds is 4. The molecular weight excluding hydrogens is 280 g/mol. The molecule has 106 valence electrons. The van der Waals surface area contributed by atoms with Crippen LogP contribution in [0, 0.1) is 25.2 Å². The summed E-state index contributed by atoms with van der Waals surface area (Å²) in [5.41, 5.74) is 5.58. The van der Waals surface area contributed by atoms with Crippen LogP contribution >= 0.6 is 11.3 Å². The van der Waals surface area contributed by atoms with Gasteiger partial charge in [0.1, 0.15) is 0 Å². The fourth-order valence-corrected chi connectivity index (χ4v) is 3.32. The van der Waals surface area contributed by atoms with Gasteiger partial charge in [0, 0.05) is 16.8 Å². The molecule has 0 spiro atoms. The Bertz CT molecular complexity index is 805. The molecule has 0 bridgehead atoms. The lowest BCUT2D eigenvalue weighted by molar-refractivity contribution is 0.966. The molecule has 0 amide bonds. The third-order valence-electron chi connectivity index (χ3n) is 3.53. The summed E-state index contributed by atoms with van der Waals surface area (Å²) in [6.45, 7) is 4.89. The monoisotopic (exact) mass is 296 g/mol. The van der Waals surface area contributed by atoms with E-state index in [2.05, 4.69) is 33.1 Å². The highest BCUT2D eigenvalue weighted by Crippen LogP contribution is 2.21. The fraction of sp³-hybridized carbons (Fsp3) is 0.250. The summed E-state index contributed by atoms with van der Waals surface area (Å²) in [6, 6.07) is 10.2. The number of imidazole rings is 1. The van der Waals surface area contributed by atoms with E-state index in [0.717, 1.165) is 28.5 Å². The van der Waals surface area contributed by atoms with Gasteiger partial charge >= 0.3 is 0 Å². The van der Waals surface area contributed by atoms with Crippen molar-refractivity contribution in [2.45, 2.75) is 26.8 Å². The molecule has 3 rings (SSSR count). The minimum atomic E-state index is 0.455. The lowest BCUT2D eigenvalue weighted by atomic mass is 10.1. The van der Waals surface area contributed by atoms with Gasteiger partial charge in [0.2, 0.25) is 0 Å². The molecule has 21 heavy (non-hydrogen) atoms. The zero-order valence-electron chi connectivity index (χ0n) is 12.1. The number of thiazole rings is 1. The number of aryl methyl sites for hydroxylation is 2. The minimum absolute atomic E-state index is 0.455. The van der Waals surface area contributed by atoms with Crippen LogP contribution in [0.1, 0.15) is 22.6 Å². The number of nitriles is 1. The number of nitrogens with one attached hydrogen (secondary N) is 1. The highest BCUT2D eigenvalue weighted by Gasteiger charge is 2.11. The molecule has 0 aliphatic carbocycles. The van der Waals surface area contributed by atoms with Gasteiger partial charge in [-0.2, -0.15) is 5.26 Å². The second kappa shape index (κ2) is 5.58. The van der Waals surface area contributed by atoms with Crippen molar-refractivity contribution >= 4 is 22.0 Å². The molecule has 0 aliphatic rings. The highest BCUT2D eigenvalue weighted by molar-refractivity contribution is 7.15. The van der Waals surface area contributed by atoms with Crippen molar-refractivity contribution in [2.75, 3.05) is 5.32 Å². The summed E-state index contributed by atoms with van der Waals surface area (Å²) >= 11 is 1.67. The number of fused-ring (bicyclic) bond motifs is 1. The summed E-state index contributed by atoms with van der Waals surface area (Å²) in [5, 5.41) is 14.2. The third kappa shape index (κ3) is 2.63. The van der Waals surface area contributed by atoms with Gasteiger partial charge in [0.25, 0.3) is 0 Å². The molecule has 0 fully saturated rings. The number of benzene rings is 1. The van der Waals surface area contributed by atoms with Gasteiger partial charge in [0.05, 0.1) is 30.4 Å². The lowest BCUT2D eigenvalue weighted by Gasteiger charge is -2.08. The largest absolute Gasteiger partial charge is 0.379 e. The van der Waals surface area contributed by atoms with Crippen LogP contribution in [-0.2, 0) is 13.0 Å². The second-order valence-electron chi connectivity index (χ2n) is 5.02.